The molecule has 1 N–H and O–H groups in total. The quantitative estimate of drug-likeness (QED) is 0.801. The number of fused-ring (bicyclic) bond motifs is 1. The van der Waals surface area contributed by atoms with Crippen LogP contribution in [0.1, 0.15) is 34.6 Å². The Morgan fingerprint density at radius 2 is 2.14 bits per heavy atom. The SMILES string of the molecule is Cc1c(C(=O)N[C@@H](C)c2cccnc2)oc2c(F)cccc12. The number of carbonyl (C=O) groups excluding carboxylic acids is 1. The maximum atomic E-state index is 13.7. The summed E-state index contributed by atoms with van der Waals surface area (Å²) in [6.07, 6.45) is 3.36. The minimum absolute atomic E-state index is 0.110. The van der Waals surface area contributed by atoms with Gasteiger partial charge in [0.2, 0.25) is 0 Å². The predicted molar refractivity (Wildman–Crippen MR) is 81.0 cm³/mol. The highest BCUT2D eigenvalue weighted by Crippen LogP contribution is 2.27. The summed E-state index contributed by atoms with van der Waals surface area (Å²) in [5.41, 5.74) is 1.63. The number of hydrogen-bond donors (Lipinski definition) is 1. The number of halogens is 1. The number of pyridine rings is 1. The third-order valence-corrected chi connectivity index (χ3v) is 3.65. The van der Waals surface area contributed by atoms with Crippen LogP contribution in [-0.4, -0.2) is 10.9 Å². The first-order valence-corrected chi connectivity index (χ1v) is 6.96. The molecule has 2 aromatic heterocycles. The van der Waals surface area contributed by atoms with Crippen LogP contribution in [0.4, 0.5) is 4.39 Å². The van der Waals surface area contributed by atoms with Crippen molar-refractivity contribution in [2.45, 2.75) is 19.9 Å². The fourth-order valence-electron chi connectivity index (χ4n) is 2.40. The van der Waals surface area contributed by atoms with Gasteiger partial charge in [-0.2, -0.15) is 0 Å². The van der Waals surface area contributed by atoms with E-state index in [0.717, 1.165) is 5.56 Å². The Morgan fingerprint density at radius 1 is 1.32 bits per heavy atom. The highest BCUT2D eigenvalue weighted by atomic mass is 19.1. The molecule has 1 atom stereocenters. The van der Waals surface area contributed by atoms with Crippen molar-refractivity contribution in [3.8, 4) is 0 Å². The van der Waals surface area contributed by atoms with Gasteiger partial charge in [0.05, 0.1) is 6.04 Å². The molecule has 0 aliphatic carbocycles. The monoisotopic (exact) mass is 298 g/mol. The van der Waals surface area contributed by atoms with Gasteiger partial charge in [0.25, 0.3) is 5.91 Å². The van der Waals surface area contributed by atoms with E-state index < -0.39 is 5.82 Å². The second-order valence-electron chi connectivity index (χ2n) is 5.15. The summed E-state index contributed by atoms with van der Waals surface area (Å²) >= 11 is 0. The zero-order valence-electron chi connectivity index (χ0n) is 12.3. The van der Waals surface area contributed by atoms with Crippen molar-refractivity contribution in [1.29, 1.82) is 0 Å². The molecule has 0 fully saturated rings. The molecule has 2 heterocycles. The van der Waals surface area contributed by atoms with E-state index in [4.69, 9.17) is 4.42 Å². The molecular weight excluding hydrogens is 283 g/mol. The molecule has 0 spiro atoms. The van der Waals surface area contributed by atoms with Crippen LogP contribution in [0.25, 0.3) is 11.0 Å². The minimum Gasteiger partial charge on any atom is -0.448 e. The third-order valence-electron chi connectivity index (χ3n) is 3.65. The van der Waals surface area contributed by atoms with Gasteiger partial charge in [0.15, 0.2) is 17.2 Å². The van der Waals surface area contributed by atoms with Crippen LogP contribution in [0.15, 0.2) is 47.1 Å². The molecule has 0 saturated carbocycles. The second kappa shape index (κ2) is 5.60. The van der Waals surface area contributed by atoms with Crippen molar-refractivity contribution >= 4 is 16.9 Å². The van der Waals surface area contributed by atoms with Crippen LogP contribution in [0.3, 0.4) is 0 Å². The summed E-state index contributed by atoms with van der Waals surface area (Å²) in [6.45, 7) is 3.60. The van der Waals surface area contributed by atoms with E-state index in [1.54, 1.807) is 37.5 Å². The van der Waals surface area contributed by atoms with Gasteiger partial charge in [-0.25, -0.2) is 4.39 Å². The fourth-order valence-corrected chi connectivity index (χ4v) is 2.40. The van der Waals surface area contributed by atoms with Crippen LogP contribution in [0, 0.1) is 12.7 Å². The van der Waals surface area contributed by atoms with E-state index in [1.165, 1.54) is 6.07 Å². The summed E-state index contributed by atoms with van der Waals surface area (Å²) in [4.78, 5) is 16.4. The van der Waals surface area contributed by atoms with Gasteiger partial charge in [-0.15, -0.1) is 0 Å². The Morgan fingerprint density at radius 3 is 2.82 bits per heavy atom. The first kappa shape index (κ1) is 14.3. The molecule has 0 saturated heterocycles. The molecule has 3 aromatic rings. The highest BCUT2D eigenvalue weighted by molar-refractivity contribution is 5.99. The number of benzene rings is 1. The lowest BCUT2D eigenvalue weighted by Gasteiger charge is -2.12. The van der Waals surface area contributed by atoms with Gasteiger partial charge < -0.3 is 9.73 Å². The summed E-state index contributed by atoms with van der Waals surface area (Å²) in [6, 6.07) is 8.10. The number of aryl methyl sites for hydroxylation is 1. The molecule has 112 valence electrons. The Hall–Kier alpha value is -2.69. The van der Waals surface area contributed by atoms with E-state index in [2.05, 4.69) is 10.3 Å². The van der Waals surface area contributed by atoms with Gasteiger partial charge in [0, 0.05) is 23.3 Å². The van der Waals surface area contributed by atoms with E-state index in [0.29, 0.717) is 10.9 Å². The van der Waals surface area contributed by atoms with Crippen molar-refractivity contribution in [3.63, 3.8) is 0 Å². The molecule has 0 radical (unpaired) electrons. The van der Waals surface area contributed by atoms with E-state index in [-0.39, 0.29) is 23.3 Å². The Bertz CT molecular complexity index is 827. The molecule has 22 heavy (non-hydrogen) atoms. The second-order valence-corrected chi connectivity index (χ2v) is 5.15. The first-order valence-electron chi connectivity index (χ1n) is 6.96. The van der Waals surface area contributed by atoms with Crippen LogP contribution in [0.2, 0.25) is 0 Å². The van der Waals surface area contributed by atoms with Crippen molar-refractivity contribution in [2.24, 2.45) is 0 Å². The molecular formula is C17H15FN2O2. The van der Waals surface area contributed by atoms with Crippen molar-refractivity contribution in [2.75, 3.05) is 0 Å². The van der Waals surface area contributed by atoms with Crippen molar-refractivity contribution in [3.05, 3.63) is 65.4 Å². The van der Waals surface area contributed by atoms with E-state index in [9.17, 15) is 9.18 Å². The Kier molecular flexibility index (Phi) is 3.63. The number of aromatic nitrogens is 1. The number of para-hydroxylation sites is 1. The number of carbonyl (C=O) groups is 1. The molecule has 0 unspecified atom stereocenters. The van der Waals surface area contributed by atoms with E-state index in [1.807, 2.05) is 13.0 Å². The van der Waals surface area contributed by atoms with Gasteiger partial charge in [-0.1, -0.05) is 18.2 Å². The van der Waals surface area contributed by atoms with Gasteiger partial charge in [-0.05, 0) is 31.5 Å². The number of nitrogens with one attached hydrogen (secondary N) is 1. The van der Waals surface area contributed by atoms with Crippen LogP contribution >= 0.6 is 0 Å². The van der Waals surface area contributed by atoms with E-state index >= 15 is 0 Å². The number of rotatable bonds is 3. The molecule has 3 rings (SSSR count). The van der Waals surface area contributed by atoms with Gasteiger partial charge in [0.1, 0.15) is 0 Å². The summed E-state index contributed by atoms with van der Waals surface area (Å²) in [5, 5.41) is 3.45. The van der Waals surface area contributed by atoms with Gasteiger partial charge >= 0.3 is 0 Å². The minimum atomic E-state index is -0.472. The van der Waals surface area contributed by atoms with Crippen LogP contribution in [0.5, 0.6) is 0 Å². The summed E-state index contributed by atoms with van der Waals surface area (Å²) in [7, 11) is 0. The first-order chi connectivity index (χ1) is 10.6. The zero-order valence-corrected chi connectivity index (χ0v) is 12.3. The topological polar surface area (TPSA) is 55.1 Å². The molecule has 0 bridgehead atoms. The average molecular weight is 298 g/mol. The molecule has 5 heteroatoms. The zero-order chi connectivity index (χ0) is 15.7. The lowest BCUT2D eigenvalue weighted by atomic mass is 10.1. The van der Waals surface area contributed by atoms with Crippen molar-refractivity contribution < 1.29 is 13.6 Å². The fraction of sp³-hybridized carbons (Fsp3) is 0.176. The lowest BCUT2D eigenvalue weighted by molar-refractivity contribution is 0.0913. The Labute approximate surface area is 127 Å². The number of furan rings is 1. The summed E-state index contributed by atoms with van der Waals surface area (Å²) < 4.78 is 19.2. The standard InChI is InChI=1S/C17H15FN2O2/c1-10-13-6-3-7-14(18)16(13)22-15(10)17(21)20-11(2)12-5-4-8-19-9-12/h3-9,11H,1-2H3,(H,20,21)/t11-/m0/s1. The average Bonchev–Trinajstić information content (AvgIpc) is 2.87. The number of nitrogens with zero attached hydrogens (tertiary/aromatic N) is 1. The predicted octanol–water partition coefficient (Wildman–Crippen LogP) is 3.77. The number of amides is 1. The largest absolute Gasteiger partial charge is 0.448 e. The number of hydrogen-bond acceptors (Lipinski definition) is 3. The highest BCUT2D eigenvalue weighted by Gasteiger charge is 2.21. The third kappa shape index (κ3) is 2.45. The maximum absolute atomic E-state index is 13.7. The maximum Gasteiger partial charge on any atom is 0.287 e. The smallest absolute Gasteiger partial charge is 0.287 e. The molecule has 0 aliphatic rings. The van der Waals surface area contributed by atoms with Gasteiger partial charge in [-0.3, -0.25) is 9.78 Å². The Balaban J connectivity index is 1.90. The molecule has 4 nitrogen and oxygen atoms in total. The normalized spacial score (nSPS) is 12.3. The van der Waals surface area contributed by atoms with Crippen LogP contribution in [-0.2, 0) is 0 Å². The van der Waals surface area contributed by atoms with Crippen molar-refractivity contribution in [1.82, 2.24) is 10.3 Å². The lowest BCUT2D eigenvalue weighted by Crippen LogP contribution is -2.26. The summed E-state index contributed by atoms with van der Waals surface area (Å²) in [5.74, 6) is -0.708. The molecule has 0 aliphatic heterocycles. The van der Waals surface area contributed by atoms with Crippen LogP contribution < -0.4 is 5.32 Å². The molecule has 1 aromatic carbocycles. The molecule has 1 amide bonds.